The SMILES string of the molecule is c1ccc(CC2(c3ccccc3)C(c3ccccc3)=NNc3ccccc32)cc1. The van der Waals surface area contributed by atoms with E-state index in [1.54, 1.807) is 0 Å². The normalized spacial score (nSPS) is 17.7. The molecule has 1 N–H and O–H groups in total. The zero-order valence-corrected chi connectivity index (χ0v) is 16.1. The molecule has 4 aromatic rings. The lowest BCUT2D eigenvalue weighted by molar-refractivity contribution is 0.672. The van der Waals surface area contributed by atoms with Crippen molar-refractivity contribution in [3.63, 3.8) is 0 Å². The number of rotatable bonds is 4. The lowest BCUT2D eigenvalue weighted by Gasteiger charge is -2.40. The molecular weight excluding hydrogens is 352 g/mol. The van der Waals surface area contributed by atoms with Crippen LogP contribution in [0.4, 0.5) is 5.69 Å². The predicted molar refractivity (Wildman–Crippen MR) is 120 cm³/mol. The molecule has 0 spiro atoms. The molecule has 2 heteroatoms. The van der Waals surface area contributed by atoms with Crippen molar-refractivity contribution in [2.24, 2.45) is 5.10 Å². The molecule has 1 aliphatic rings. The maximum atomic E-state index is 4.93. The van der Waals surface area contributed by atoms with Crippen LogP contribution in [0.1, 0.15) is 22.3 Å². The third kappa shape index (κ3) is 3.03. The molecular formula is C27H22N2. The Morgan fingerprint density at radius 3 is 1.93 bits per heavy atom. The molecule has 5 rings (SSSR count). The van der Waals surface area contributed by atoms with Crippen LogP contribution in [0.3, 0.4) is 0 Å². The minimum absolute atomic E-state index is 0.383. The fourth-order valence-corrected chi connectivity index (χ4v) is 4.40. The summed E-state index contributed by atoms with van der Waals surface area (Å²) < 4.78 is 0. The first-order chi connectivity index (χ1) is 14.4. The van der Waals surface area contributed by atoms with E-state index in [0.29, 0.717) is 0 Å². The number of nitrogens with one attached hydrogen (secondary N) is 1. The number of anilines is 1. The van der Waals surface area contributed by atoms with Gasteiger partial charge in [-0.05, 0) is 34.7 Å². The fraction of sp³-hybridized carbons (Fsp3) is 0.0741. The highest BCUT2D eigenvalue weighted by molar-refractivity contribution is 6.12. The summed E-state index contributed by atoms with van der Waals surface area (Å²) in [4.78, 5) is 0. The summed E-state index contributed by atoms with van der Waals surface area (Å²) in [5, 5.41) is 4.93. The van der Waals surface area contributed by atoms with Crippen molar-refractivity contribution in [2.45, 2.75) is 11.8 Å². The van der Waals surface area contributed by atoms with E-state index < -0.39 is 0 Å². The van der Waals surface area contributed by atoms with E-state index in [1.807, 2.05) is 0 Å². The van der Waals surface area contributed by atoms with Crippen LogP contribution in [-0.2, 0) is 11.8 Å². The van der Waals surface area contributed by atoms with Crippen molar-refractivity contribution in [3.8, 4) is 0 Å². The van der Waals surface area contributed by atoms with E-state index in [2.05, 4.69) is 121 Å². The van der Waals surface area contributed by atoms with Crippen molar-refractivity contribution in [3.05, 3.63) is 138 Å². The molecule has 0 saturated carbocycles. The van der Waals surface area contributed by atoms with Crippen LogP contribution in [0.5, 0.6) is 0 Å². The van der Waals surface area contributed by atoms with Crippen LogP contribution in [0.2, 0.25) is 0 Å². The van der Waals surface area contributed by atoms with Crippen LogP contribution in [0, 0.1) is 0 Å². The average Bonchev–Trinajstić information content (AvgIpc) is 2.81. The van der Waals surface area contributed by atoms with E-state index in [0.717, 1.165) is 23.4 Å². The molecule has 4 aromatic carbocycles. The lowest BCUT2D eigenvalue weighted by Crippen LogP contribution is -2.43. The Bertz CT molecular complexity index is 1130. The van der Waals surface area contributed by atoms with Gasteiger partial charge < -0.3 is 0 Å². The van der Waals surface area contributed by atoms with Crippen molar-refractivity contribution in [1.29, 1.82) is 0 Å². The smallest absolute Gasteiger partial charge is 0.0833 e. The fourth-order valence-electron chi connectivity index (χ4n) is 4.40. The molecule has 0 aromatic heterocycles. The standard InChI is InChI=1S/C27H22N2/c1-4-12-21(13-5-1)20-27(23-16-8-3-9-17-23)24-18-10-11-19-25(24)28-29-26(27)22-14-6-2-7-15-22/h1-19,28H,20H2. The third-order valence-corrected chi connectivity index (χ3v) is 5.71. The lowest BCUT2D eigenvalue weighted by atomic mass is 9.64. The first-order valence-corrected chi connectivity index (χ1v) is 9.96. The largest absolute Gasteiger partial charge is 0.278 e. The van der Waals surface area contributed by atoms with Gasteiger partial charge in [-0.2, -0.15) is 5.10 Å². The minimum Gasteiger partial charge on any atom is -0.278 e. The van der Waals surface area contributed by atoms with E-state index >= 15 is 0 Å². The summed E-state index contributed by atoms with van der Waals surface area (Å²) in [5.41, 5.74) is 9.96. The summed E-state index contributed by atoms with van der Waals surface area (Å²) in [5.74, 6) is 0. The van der Waals surface area contributed by atoms with Crippen molar-refractivity contribution in [2.75, 3.05) is 5.43 Å². The molecule has 2 nitrogen and oxygen atoms in total. The molecule has 140 valence electrons. The average molecular weight is 374 g/mol. The number of benzene rings is 4. The maximum Gasteiger partial charge on any atom is 0.0833 e. The van der Waals surface area contributed by atoms with Crippen LogP contribution >= 0.6 is 0 Å². The summed E-state index contributed by atoms with van der Waals surface area (Å²) in [6, 6.07) is 40.5. The van der Waals surface area contributed by atoms with Crippen LogP contribution in [0.15, 0.2) is 120 Å². The molecule has 0 amide bonds. The van der Waals surface area contributed by atoms with Gasteiger partial charge in [-0.3, -0.25) is 5.43 Å². The zero-order valence-electron chi connectivity index (χ0n) is 16.1. The summed E-state index contributed by atoms with van der Waals surface area (Å²) in [6.07, 6.45) is 0.838. The van der Waals surface area contributed by atoms with E-state index in [4.69, 9.17) is 5.10 Å². The van der Waals surface area contributed by atoms with E-state index in [9.17, 15) is 0 Å². The number of para-hydroxylation sites is 1. The molecule has 0 bridgehead atoms. The Morgan fingerprint density at radius 1 is 0.621 bits per heavy atom. The molecule has 1 atom stereocenters. The highest BCUT2D eigenvalue weighted by Gasteiger charge is 2.44. The Kier molecular flexibility index (Phi) is 4.45. The zero-order chi connectivity index (χ0) is 19.5. The van der Waals surface area contributed by atoms with Crippen LogP contribution in [0.25, 0.3) is 0 Å². The molecule has 0 radical (unpaired) electrons. The van der Waals surface area contributed by atoms with Gasteiger partial charge in [0.1, 0.15) is 0 Å². The topological polar surface area (TPSA) is 24.4 Å². The first-order valence-electron chi connectivity index (χ1n) is 9.96. The van der Waals surface area contributed by atoms with Gasteiger partial charge in [0.2, 0.25) is 0 Å². The molecule has 29 heavy (non-hydrogen) atoms. The molecule has 0 fully saturated rings. The number of hydrazone groups is 1. The summed E-state index contributed by atoms with van der Waals surface area (Å²) in [6.45, 7) is 0. The quantitative estimate of drug-likeness (QED) is 0.462. The van der Waals surface area contributed by atoms with Crippen molar-refractivity contribution in [1.82, 2.24) is 0 Å². The second-order valence-corrected chi connectivity index (χ2v) is 7.42. The van der Waals surface area contributed by atoms with E-state index in [1.165, 1.54) is 16.7 Å². The van der Waals surface area contributed by atoms with Gasteiger partial charge in [0.25, 0.3) is 0 Å². The highest BCUT2D eigenvalue weighted by atomic mass is 15.3. The monoisotopic (exact) mass is 374 g/mol. The van der Waals surface area contributed by atoms with E-state index in [-0.39, 0.29) is 5.41 Å². The van der Waals surface area contributed by atoms with Crippen LogP contribution in [-0.4, -0.2) is 5.71 Å². The predicted octanol–water partition coefficient (Wildman–Crippen LogP) is 6.05. The maximum absolute atomic E-state index is 4.93. The number of nitrogens with zero attached hydrogens (tertiary/aromatic N) is 1. The highest BCUT2D eigenvalue weighted by Crippen LogP contribution is 2.44. The van der Waals surface area contributed by atoms with Crippen molar-refractivity contribution >= 4 is 11.4 Å². The molecule has 1 unspecified atom stereocenters. The summed E-state index contributed by atoms with van der Waals surface area (Å²) >= 11 is 0. The van der Waals surface area contributed by atoms with Gasteiger partial charge in [0, 0.05) is 0 Å². The van der Waals surface area contributed by atoms with Crippen LogP contribution < -0.4 is 5.43 Å². The molecule has 0 saturated heterocycles. The number of fused-ring (bicyclic) bond motifs is 1. The Hall–Kier alpha value is -3.65. The molecule has 1 aliphatic heterocycles. The van der Waals surface area contributed by atoms with Gasteiger partial charge in [-0.1, -0.05) is 109 Å². The summed E-state index contributed by atoms with van der Waals surface area (Å²) in [7, 11) is 0. The Morgan fingerprint density at radius 2 is 1.21 bits per heavy atom. The Balaban J connectivity index is 1.82. The number of hydrogen-bond donors (Lipinski definition) is 1. The second-order valence-electron chi connectivity index (χ2n) is 7.42. The Labute approximate surface area is 171 Å². The van der Waals surface area contributed by atoms with Gasteiger partial charge in [-0.25, -0.2) is 0 Å². The third-order valence-electron chi connectivity index (χ3n) is 5.71. The number of hydrogen-bond acceptors (Lipinski definition) is 2. The van der Waals surface area contributed by atoms with Crippen molar-refractivity contribution < 1.29 is 0 Å². The first kappa shape index (κ1) is 17.4. The molecule has 1 heterocycles. The van der Waals surface area contributed by atoms with Gasteiger partial charge in [0.15, 0.2) is 0 Å². The molecule has 0 aliphatic carbocycles. The van der Waals surface area contributed by atoms with Gasteiger partial charge >= 0.3 is 0 Å². The second kappa shape index (κ2) is 7.40. The van der Waals surface area contributed by atoms with Gasteiger partial charge in [-0.15, -0.1) is 0 Å². The van der Waals surface area contributed by atoms with Gasteiger partial charge in [0.05, 0.1) is 16.8 Å². The minimum atomic E-state index is -0.383.